The van der Waals surface area contributed by atoms with Gasteiger partial charge in [0, 0.05) is 13.1 Å². The van der Waals surface area contributed by atoms with Gasteiger partial charge < -0.3 is 10.2 Å². The number of carbonyl (C=O) groups is 1. The van der Waals surface area contributed by atoms with Gasteiger partial charge in [0.05, 0.1) is 12.1 Å². The Labute approximate surface area is 95.9 Å². The molecule has 0 unspecified atom stereocenters. The molecule has 1 heterocycles. The maximum atomic E-state index is 11.2. The largest absolute Gasteiger partial charge is 0.464 e. The van der Waals surface area contributed by atoms with Crippen molar-refractivity contribution in [1.82, 2.24) is 10.0 Å². The molecule has 0 aromatic heterocycles. The van der Waals surface area contributed by atoms with Crippen molar-refractivity contribution >= 4 is 6.09 Å². The molecule has 0 radical (unpaired) electrons. The van der Waals surface area contributed by atoms with Crippen molar-refractivity contribution in [3.8, 4) is 0 Å². The minimum absolute atomic E-state index is 0.00585. The number of hydrazine groups is 1. The Morgan fingerprint density at radius 3 is 2.62 bits per heavy atom. The van der Waals surface area contributed by atoms with Gasteiger partial charge in [-0.05, 0) is 32.8 Å². The summed E-state index contributed by atoms with van der Waals surface area (Å²) in [6, 6.07) is 0. The van der Waals surface area contributed by atoms with Crippen LogP contribution < -0.4 is 0 Å². The Hall–Kier alpha value is -1.07. The normalized spacial score (nSPS) is 18.1. The Balaban J connectivity index is 2.82. The molecule has 0 aliphatic carbocycles. The number of nitrogens with zero attached hydrogens (tertiary/aromatic N) is 2. The second-order valence-corrected chi connectivity index (χ2v) is 4.96. The highest BCUT2D eigenvalue weighted by Gasteiger charge is 2.32. The van der Waals surface area contributed by atoms with Gasteiger partial charge in [0.25, 0.3) is 0 Å². The lowest BCUT2D eigenvalue weighted by Crippen LogP contribution is -2.57. The molecule has 0 aromatic carbocycles. The summed E-state index contributed by atoms with van der Waals surface area (Å²) in [5, 5.41) is 21.4. The van der Waals surface area contributed by atoms with Crippen LogP contribution in [-0.4, -0.2) is 51.6 Å². The van der Waals surface area contributed by atoms with Gasteiger partial charge in [-0.25, -0.2) is 14.8 Å². The van der Waals surface area contributed by atoms with Gasteiger partial charge in [0.2, 0.25) is 0 Å². The fourth-order valence-corrected chi connectivity index (χ4v) is 1.91. The van der Waals surface area contributed by atoms with Gasteiger partial charge in [-0.1, -0.05) is 6.08 Å². The molecule has 92 valence electrons. The molecule has 1 rings (SSSR count). The smallest absolute Gasteiger partial charge is 0.422 e. The van der Waals surface area contributed by atoms with E-state index in [2.05, 4.69) is 0 Å². The molecule has 0 spiro atoms. The van der Waals surface area contributed by atoms with Crippen LogP contribution in [0.5, 0.6) is 0 Å². The number of rotatable bonds is 2. The van der Waals surface area contributed by atoms with E-state index in [0.717, 1.165) is 12.0 Å². The zero-order valence-electron chi connectivity index (χ0n) is 10.1. The van der Waals surface area contributed by atoms with E-state index in [-0.39, 0.29) is 6.61 Å². The van der Waals surface area contributed by atoms with Crippen molar-refractivity contribution in [3.05, 3.63) is 11.6 Å². The van der Waals surface area contributed by atoms with E-state index in [1.165, 1.54) is 5.01 Å². The van der Waals surface area contributed by atoms with Gasteiger partial charge in [-0.15, -0.1) is 0 Å². The van der Waals surface area contributed by atoms with E-state index in [4.69, 9.17) is 5.11 Å². The minimum atomic E-state index is -0.952. The van der Waals surface area contributed by atoms with Gasteiger partial charge in [-0.3, -0.25) is 0 Å². The van der Waals surface area contributed by atoms with E-state index in [0.29, 0.717) is 13.1 Å². The molecule has 0 fully saturated rings. The molecule has 2 N–H and O–H groups in total. The first-order chi connectivity index (χ1) is 7.36. The van der Waals surface area contributed by atoms with Gasteiger partial charge in [0.15, 0.2) is 0 Å². The van der Waals surface area contributed by atoms with Gasteiger partial charge in [0.1, 0.15) is 0 Å². The fraction of sp³-hybridized carbons (Fsp3) is 0.727. The van der Waals surface area contributed by atoms with E-state index < -0.39 is 11.6 Å². The average Bonchev–Trinajstić information content (AvgIpc) is 2.15. The van der Waals surface area contributed by atoms with Crippen LogP contribution in [0.2, 0.25) is 0 Å². The maximum Gasteiger partial charge on any atom is 0.422 e. The molecule has 1 aliphatic heterocycles. The number of carboxylic acid groups (broad SMARTS) is 1. The highest BCUT2D eigenvalue weighted by atomic mass is 16.4. The van der Waals surface area contributed by atoms with Crippen molar-refractivity contribution in [3.63, 3.8) is 0 Å². The summed E-state index contributed by atoms with van der Waals surface area (Å²) in [6.07, 6.45) is 1.79. The molecule has 0 atom stereocenters. The molecule has 16 heavy (non-hydrogen) atoms. The van der Waals surface area contributed by atoms with E-state index in [9.17, 15) is 9.90 Å². The van der Waals surface area contributed by atoms with Crippen molar-refractivity contribution < 1.29 is 15.0 Å². The number of amides is 1. The van der Waals surface area contributed by atoms with Gasteiger partial charge in [-0.2, -0.15) is 0 Å². The van der Waals surface area contributed by atoms with Crippen molar-refractivity contribution in [2.45, 2.75) is 32.7 Å². The van der Waals surface area contributed by atoms with Crippen LogP contribution in [0.4, 0.5) is 4.79 Å². The Morgan fingerprint density at radius 2 is 2.19 bits per heavy atom. The van der Waals surface area contributed by atoms with Crippen LogP contribution in [0.15, 0.2) is 11.6 Å². The van der Waals surface area contributed by atoms with Crippen molar-refractivity contribution in [1.29, 1.82) is 0 Å². The predicted molar refractivity (Wildman–Crippen MR) is 61.0 cm³/mol. The average molecular weight is 228 g/mol. The highest BCUT2D eigenvalue weighted by Crippen LogP contribution is 2.20. The monoisotopic (exact) mass is 228 g/mol. The Kier molecular flexibility index (Phi) is 3.93. The Bertz CT molecular complexity index is 294. The predicted octanol–water partition coefficient (Wildman–Crippen LogP) is 1.30. The third-order valence-corrected chi connectivity index (χ3v) is 2.51. The first-order valence-corrected chi connectivity index (χ1v) is 5.43. The van der Waals surface area contributed by atoms with E-state index >= 15 is 0 Å². The van der Waals surface area contributed by atoms with Crippen LogP contribution in [0, 0.1) is 0 Å². The topological polar surface area (TPSA) is 64.0 Å². The number of aliphatic hydroxyl groups excluding tert-OH is 1. The van der Waals surface area contributed by atoms with Crippen molar-refractivity contribution in [2.24, 2.45) is 0 Å². The zero-order chi connectivity index (χ0) is 12.3. The van der Waals surface area contributed by atoms with Crippen LogP contribution in [-0.2, 0) is 0 Å². The maximum absolute atomic E-state index is 11.2. The molecule has 1 amide bonds. The fourth-order valence-electron chi connectivity index (χ4n) is 1.91. The highest BCUT2D eigenvalue weighted by molar-refractivity contribution is 5.65. The third kappa shape index (κ3) is 2.96. The summed E-state index contributed by atoms with van der Waals surface area (Å²) in [6.45, 7) is 6.73. The molecule has 0 aromatic rings. The lowest BCUT2D eigenvalue weighted by atomic mass is 10.1. The first kappa shape index (κ1) is 13.0. The standard InChI is InChI=1S/C11H20N2O3/c1-11(2,3)13(10(15)16)12-6-4-5-9(7-12)8-14/h5,14H,4,6-8H2,1-3H3,(H,15,16). The lowest BCUT2D eigenvalue weighted by molar-refractivity contribution is -0.0630. The molecule has 0 saturated heterocycles. The second-order valence-electron chi connectivity index (χ2n) is 4.96. The Morgan fingerprint density at radius 1 is 1.56 bits per heavy atom. The summed E-state index contributed by atoms with van der Waals surface area (Å²) in [4.78, 5) is 11.2. The first-order valence-electron chi connectivity index (χ1n) is 5.43. The number of aliphatic hydroxyl groups is 1. The summed E-state index contributed by atoms with van der Waals surface area (Å²) in [5.74, 6) is 0. The van der Waals surface area contributed by atoms with Crippen LogP contribution in [0.3, 0.4) is 0 Å². The van der Waals surface area contributed by atoms with Crippen LogP contribution in [0.25, 0.3) is 0 Å². The SMILES string of the molecule is CC(C)(C)N(C(=O)O)N1CCC=C(CO)C1. The van der Waals surface area contributed by atoms with Crippen LogP contribution in [0.1, 0.15) is 27.2 Å². The molecule has 5 nitrogen and oxygen atoms in total. The lowest BCUT2D eigenvalue weighted by Gasteiger charge is -2.43. The molecule has 1 aliphatic rings. The summed E-state index contributed by atoms with van der Waals surface area (Å²) < 4.78 is 0. The van der Waals surface area contributed by atoms with Crippen molar-refractivity contribution in [2.75, 3.05) is 19.7 Å². The van der Waals surface area contributed by atoms with E-state index in [1.54, 1.807) is 5.01 Å². The van der Waals surface area contributed by atoms with E-state index in [1.807, 2.05) is 26.8 Å². The van der Waals surface area contributed by atoms with Gasteiger partial charge >= 0.3 is 6.09 Å². The minimum Gasteiger partial charge on any atom is -0.464 e. The molecular weight excluding hydrogens is 208 g/mol. The summed E-state index contributed by atoms with van der Waals surface area (Å²) in [7, 11) is 0. The quantitative estimate of drug-likeness (QED) is 0.699. The van der Waals surface area contributed by atoms with Crippen LogP contribution >= 0.6 is 0 Å². The number of hydrogen-bond acceptors (Lipinski definition) is 3. The zero-order valence-corrected chi connectivity index (χ0v) is 10.1. The molecular formula is C11H20N2O3. The summed E-state index contributed by atoms with van der Waals surface area (Å²) in [5.41, 5.74) is 0.408. The third-order valence-electron chi connectivity index (χ3n) is 2.51. The molecule has 0 bridgehead atoms. The number of hydrogen-bond donors (Lipinski definition) is 2. The molecule has 5 heteroatoms. The second kappa shape index (κ2) is 4.84. The summed E-state index contributed by atoms with van der Waals surface area (Å²) >= 11 is 0. The molecule has 0 saturated carbocycles.